The average molecular weight is 232 g/mol. The van der Waals surface area contributed by atoms with Crippen LogP contribution < -0.4 is 5.43 Å². The van der Waals surface area contributed by atoms with E-state index in [1.165, 1.54) is 31.6 Å². The summed E-state index contributed by atoms with van der Waals surface area (Å²) in [5.41, 5.74) is 1.41. The van der Waals surface area contributed by atoms with Crippen molar-refractivity contribution in [3.63, 3.8) is 0 Å². The van der Waals surface area contributed by atoms with Crippen LogP contribution in [0.1, 0.15) is 31.4 Å². The first-order valence-corrected chi connectivity index (χ1v) is 6.69. The second-order valence-corrected chi connectivity index (χ2v) is 5.50. The Balaban J connectivity index is 1.91. The molecule has 17 heavy (non-hydrogen) atoms. The van der Waals surface area contributed by atoms with Crippen LogP contribution in [-0.2, 0) is 6.54 Å². The molecule has 2 bridgehead atoms. The average Bonchev–Trinajstić information content (AvgIpc) is 2.31. The van der Waals surface area contributed by atoms with Crippen molar-refractivity contribution < 1.29 is 0 Å². The summed E-state index contributed by atoms with van der Waals surface area (Å²) < 4.78 is 2.30. The molecular formula is C14H20N2O. The minimum Gasteiger partial charge on any atom is -0.350 e. The molecule has 0 aliphatic carbocycles. The van der Waals surface area contributed by atoms with Crippen LogP contribution in [0.15, 0.2) is 23.1 Å². The van der Waals surface area contributed by atoms with Crippen molar-refractivity contribution in [1.29, 1.82) is 0 Å². The second kappa shape index (κ2) is 4.30. The van der Waals surface area contributed by atoms with Crippen LogP contribution in [0.5, 0.6) is 0 Å². The van der Waals surface area contributed by atoms with Crippen LogP contribution >= 0.6 is 0 Å². The van der Waals surface area contributed by atoms with Gasteiger partial charge in [0.05, 0.1) is 0 Å². The normalized spacial score (nSPS) is 27.8. The van der Waals surface area contributed by atoms with E-state index in [1.807, 2.05) is 12.3 Å². The van der Waals surface area contributed by atoms with E-state index in [2.05, 4.69) is 16.4 Å². The summed E-state index contributed by atoms with van der Waals surface area (Å²) in [7, 11) is 0. The minimum atomic E-state index is 0.155. The molecule has 2 aliphatic heterocycles. The third-order valence-corrected chi connectivity index (χ3v) is 4.07. The van der Waals surface area contributed by atoms with E-state index in [0.717, 1.165) is 19.0 Å². The summed E-state index contributed by atoms with van der Waals surface area (Å²) in [4.78, 5) is 14.1. The standard InChI is InChI=1S/C14H20N2O/c1-2-4-15-8-11-6-12(10-15)14-7-13(17)3-5-16(14)9-11/h3,5,7,11-12H,2,4,6,8-10H2,1H3. The molecule has 2 atom stereocenters. The van der Waals surface area contributed by atoms with E-state index in [1.54, 1.807) is 6.07 Å². The van der Waals surface area contributed by atoms with Crippen molar-refractivity contribution in [1.82, 2.24) is 9.47 Å². The van der Waals surface area contributed by atoms with Crippen molar-refractivity contribution in [2.75, 3.05) is 19.6 Å². The van der Waals surface area contributed by atoms with Gasteiger partial charge in [-0.15, -0.1) is 0 Å². The number of aromatic nitrogens is 1. The molecule has 0 saturated carbocycles. The molecule has 92 valence electrons. The molecule has 3 nitrogen and oxygen atoms in total. The van der Waals surface area contributed by atoms with Gasteiger partial charge in [0, 0.05) is 49.6 Å². The van der Waals surface area contributed by atoms with E-state index < -0.39 is 0 Å². The topological polar surface area (TPSA) is 25.2 Å². The van der Waals surface area contributed by atoms with Gasteiger partial charge in [0.1, 0.15) is 0 Å². The van der Waals surface area contributed by atoms with Crippen molar-refractivity contribution >= 4 is 0 Å². The monoisotopic (exact) mass is 232 g/mol. The molecule has 1 fully saturated rings. The zero-order chi connectivity index (χ0) is 11.8. The molecule has 1 saturated heterocycles. The summed E-state index contributed by atoms with van der Waals surface area (Å²) >= 11 is 0. The van der Waals surface area contributed by atoms with Gasteiger partial charge in [-0.3, -0.25) is 4.79 Å². The lowest BCUT2D eigenvalue weighted by atomic mass is 9.83. The predicted molar refractivity (Wildman–Crippen MR) is 68.3 cm³/mol. The van der Waals surface area contributed by atoms with Crippen LogP contribution in [0, 0.1) is 5.92 Å². The quantitative estimate of drug-likeness (QED) is 0.775. The number of fused-ring (bicyclic) bond motifs is 4. The van der Waals surface area contributed by atoms with Gasteiger partial charge >= 0.3 is 0 Å². The Hall–Kier alpha value is -1.09. The van der Waals surface area contributed by atoms with E-state index in [9.17, 15) is 4.79 Å². The first-order valence-electron chi connectivity index (χ1n) is 6.69. The number of likely N-dealkylation sites (tertiary alicyclic amines) is 1. The lowest BCUT2D eigenvalue weighted by Gasteiger charge is -2.43. The number of piperidine rings is 1. The number of pyridine rings is 1. The Bertz CT molecular complexity index is 466. The highest BCUT2D eigenvalue weighted by molar-refractivity contribution is 5.16. The SMILES string of the molecule is CCCN1CC2CC(C1)c1cc(=O)ccn1C2. The molecule has 3 heteroatoms. The zero-order valence-corrected chi connectivity index (χ0v) is 10.4. The lowest BCUT2D eigenvalue weighted by Crippen LogP contribution is -2.45. The Kier molecular flexibility index (Phi) is 2.79. The summed E-state index contributed by atoms with van der Waals surface area (Å²) in [6.07, 6.45) is 4.47. The predicted octanol–water partition coefficient (Wildman–Crippen LogP) is 1.68. The fourth-order valence-corrected chi connectivity index (χ4v) is 3.47. The fraction of sp³-hybridized carbons (Fsp3) is 0.643. The highest BCUT2D eigenvalue weighted by Crippen LogP contribution is 2.35. The Labute approximate surface area is 102 Å². The molecule has 0 aromatic carbocycles. The number of nitrogens with zero attached hydrogens (tertiary/aromatic N) is 2. The number of hydrogen-bond donors (Lipinski definition) is 0. The van der Waals surface area contributed by atoms with Crippen LogP contribution in [0.2, 0.25) is 0 Å². The molecule has 0 N–H and O–H groups in total. The molecule has 1 aromatic rings. The summed E-state index contributed by atoms with van der Waals surface area (Å²) in [6, 6.07) is 3.53. The molecule has 2 unspecified atom stereocenters. The van der Waals surface area contributed by atoms with E-state index in [4.69, 9.17) is 0 Å². The second-order valence-electron chi connectivity index (χ2n) is 5.50. The van der Waals surface area contributed by atoms with Gasteiger partial charge in [0.15, 0.2) is 5.43 Å². The van der Waals surface area contributed by atoms with Crippen LogP contribution in [0.4, 0.5) is 0 Å². The van der Waals surface area contributed by atoms with Crippen molar-refractivity contribution in [2.45, 2.75) is 32.2 Å². The largest absolute Gasteiger partial charge is 0.350 e. The maximum absolute atomic E-state index is 11.5. The van der Waals surface area contributed by atoms with Gasteiger partial charge in [-0.2, -0.15) is 0 Å². The fourth-order valence-electron chi connectivity index (χ4n) is 3.47. The molecule has 0 spiro atoms. The van der Waals surface area contributed by atoms with Gasteiger partial charge < -0.3 is 9.47 Å². The minimum absolute atomic E-state index is 0.155. The number of hydrogen-bond acceptors (Lipinski definition) is 2. The lowest BCUT2D eigenvalue weighted by molar-refractivity contribution is 0.121. The Morgan fingerprint density at radius 3 is 3.06 bits per heavy atom. The molecular weight excluding hydrogens is 212 g/mol. The van der Waals surface area contributed by atoms with Gasteiger partial charge in [0.2, 0.25) is 0 Å². The molecule has 3 rings (SSSR count). The van der Waals surface area contributed by atoms with Gasteiger partial charge in [0.25, 0.3) is 0 Å². The summed E-state index contributed by atoms with van der Waals surface area (Å²) in [5.74, 6) is 1.35. The van der Waals surface area contributed by atoms with Crippen molar-refractivity contribution in [3.8, 4) is 0 Å². The van der Waals surface area contributed by atoms with Crippen molar-refractivity contribution in [3.05, 3.63) is 34.2 Å². The Morgan fingerprint density at radius 2 is 2.24 bits per heavy atom. The smallest absolute Gasteiger partial charge is 0.181 e. The van der Waals surface area contributed by atoms with E-state index >= 15 is 0 Å². The molecule has 1 aromatic heterocycles. The third kappa shape index (κ3) is 2.04. The van der Waals surface area contributed by atoms with E-state index in [-0.39, 0.29) is 5.43 Å². The molecule has 3 heterocycles. The third-order valence-electron chi connectivity index (χ3n) is 4.07. The highest BCUT2D eigenvalue weighted by atomic mass is 16.1. The van der Waals surface area contributed by atoms with Crippen LogP contribution in [0.25, 0.3) is 0 Å². The number of rotatable bonds is 2. The molecule has 2 aliphatic rings. The maximum Gasteiger partial charge on any atom is 0.181 e. The summed E-state index contributed by atoms with van der Waals surface area (Å²) in [5, 5.41) is 0. The van der Waals surface area contributed by atoms with E-state index in [0.29, 0.717) is 5.92 Å². The Morgan fingerprint density at radius 1 is 1.35 bits per heavy atom. The molecule has 0 amide bonds. The highest BCUT2D eigenvalue weighted by Gasteiger charge is 2.33. The molecule has 0 radical (unpaired) electrons. The van der Waals surface area contributed by atoms with Crippen LogP contribution in [0.3, 0.4) is 0 Å². The zero-order valence-electron chi connectivity index (χ0n) is 10.4. The maximum atomic E-state index is 11.5. The first kappa shape index (κ1) is 11.0. The summed E-state index contributed by atoms with van der Waals surface area (Å²) in [6.45, 7) is 6.89. The van der Waals surface area contributed by atoms with Gasteiger partial charge in [-0.05, 0) is 25.3 Å². The first-order chi connectivity index (χ1) is 8.26. The van der Waals surface area contributed by atoms with Crippen molar-refractivity contribution in [2.24, 2.45) is 5.92 Å². The van der Waals surface area contributed by atoms with Gasteiger partial charge in [-0.1, -0.05) is 6.92 Å². The van der Waals surface area contributed by atoms with Gasteiger partial charge in [-0.25, -0.2) is 0 Å². The van der Waals surface area contributed by atoms with Crippen LogP contribution in [-0.4, -0.2) is 29.1 Å².